The molecule has 6 rings (SSSR count). The normalized spacial score (nSPS) is 24.6. The number of anilines is 1. The van der Waals surface area contributed by atoms with Gasteiger partial charge in [0, 0.05) is 32.8 Å². The van der Waals surface area contributed by atoms with Gasteiger partial charge in [0.15, 0.2) is 0 Å². The third kappa shape index (κ3) is 5.10. The first-order valence-electron chi connectivity index (χ1n) is 14.6. The number of carbonyl (C=O) groups excluding carboxylic acids is 1. The summed E-state index contributed by atoms with van der Waals surface area (Å²) >= 11 is 0. The molecule has 0 spiro atoms. The zero-order valence-corrected chi connectivity index (χ0v) is 24.5. The van der Waals surface area contributed by atoms with Crippen molar-refractivity contribution in [3.05, 3.63) is 69.9 Å². The molecule has 0 unspecified atom stereocenters. The summed E-state index contributed by atoms with van der Waals surface area (Å²) in [6.45, 7) is 6.41. The van der Waals surface area contributed by atoms with Gasteiger partial charge in [-0.05, 0) is 85.0 Å². The first-order chi connectivity index (χ1) is 20.0. The van der Waals surface area contributed by atoms with Gasteiger partial charge < -0.3 is 9.30 Å². The molecule has 0 N–H and O–H groups in total. The van der Waals surface area contributed by atoms with E-state index in [1.165, 1.54) is 11.0 Å². The number of nitrogens with zero attached hydrogens (tertiary/aromatic N) is 6. The van der Waals surface area contributed by atoms with E-state index in [1.54, 1.807) is 19.5 Å². The third-order valence-electron chi connectivity index (χ3n) is 9.07. The lowest BCUT2D eigenvalue weighted by Gasteiger charge is -2.46. The fourth-order valence-electron chi connectivity index (χ4n) is 7.29. The second-order valence-electron chi connectivity index (χ2n) is 12.5. The summed E-state index contributed by atoms with van der Waals surface area (Å²) in [5, 5.41) is 8.53. The molecule has 8 nitrogen and oxygen atoms in total. The number of rotatable bonds is 7. The molecule has 0 bridgehead atoms. The highest BCUT2D eigenvalue weighted by Crippen LogP contribution is 2.52. The highest BCUT2D eigenvalue weighted by Gasteiger charge is 2.49. The minimum Gasteiger partial charge on any atom is -0.378 e. The van der Waals surface area contributed by atoms with Crippen molar-refractivity contribution in [3.63, 3.8) is 0 Å². The number of ether oxygens (including phenoxy) is 1. The number of aromatic nitrogens is 4. The van der Waals surface area contributed by atoms with E-state index < -0.39 is 23.1 Å². The summed E-state index contributed by atoms with van der Waals surface area (Å²) in [5.41, 5.74) is 0.953. The fourth-order valence-corrected chi connectivity index (χ4v) is 7.29. The Morgan fingerprint density at radius 2 is 1.90 bits per heavy atom. The van der Waals surface area contributed by atoms with Crippen LogP contribution in [0.4, 0.5) is 19.0 Å². The van der Waals surface area contributed by atoms with Gasteiger partial charge in [-0.25, -0.2) is 4.98 Å². The maximum Gasteiger partial charge on any atom is 0.416 e. The van der Waals surface area contributed by atoms with Crippen LogP contribution >= 0.6 is 0 Å². The summed E-state index contributed by atoms with van der Waals surface area (Å²) < 4.78 is 50.5. The van der Waals surface area contributed by atoms with Crippen LogP contribution in [0.2, 0.25) is 0 Å². The van der Waals surface area contributed by atoms with E-state index in [2.05, 4.69) is 28.9 Å². The summed E-state index contributed by atoms with van der Waals surface area (Å²) in [7, 11) is 3.47. The first-order valence-corrected chi connectivity index (χ1v) is 14.6. The number of benzene rings is 1. The Labute approximate surface area is 243 Å². The summed E-state index contributed by atoms with van der Waals surface area (Å²) in [6, 6.07) is 6.68. The smallest absolute Gasteiger partial charge is 0.378 e. The van der Waals surface area contributed by atoms with Crippen molar-refractivity contribution in [1.29, 1.82) is 0 Å². The van der Waals surface area contributed by atoms with Crippen molar-refractivity contribution in [2.75, 3.05) is 25.1 Å². The number of piperidine rings is 1. The second kappa shape index (κ2) is 10.8. The Balaban J connectivity index is 1.40. The average molecular weight is 583 g/mol. The SMILES string of the molecule is COCc1cc(C2(c3nncn3C)CC(C)C2)cc(N2Cc3c(cc(CN4CCC[C@H](C)C4)cc3C(F)(F)F)C2=O)n1. The topological polar surface area (TPSA) is 76.4 Å². The largest absolute Gasteiger partial charge is 0.416 e. The number of fused-ring (bicyclic) bond motifs is 1. The van der Waals surface area contributed by atoms with Crippen LogP contribution in [0.15, 0.2) is 30.6 Å². The minimum atomic E-state index is -4.58. The van der Waals surface area contributed by atoms with Gasteiger partial charge in [-0.15, -0.1) is 10.2 Å². The molecule has 1 aliphatic carbocycles. The fraction of sp³-hybridized carbons (Fsp3) is 0.548. The Morgan fingerprint density at radius 3 is 2.55 bits per heavy atom. The van der Waals surface area contributed by atoms with Gasteiger partial charge in [0.2, 0.25) is 0 Å². The number of likely N-dealkylation sites (tertiary alicyclic amines) is 1. The molecule has 4 heterocycles. The Morgan fingerprint density at radius 1 is 1.12 bits per heavy atom. The van der Waals surface area contributed by atoms with Gasteiger partial charge in [0.25, 0.3) is 5.91 Å². The number of pyridine rings is 1. The molecule has 1 saturated heterocycles. The van der Waals surface area contributed by atoms with Crippen LogP contribution in [0, 0.1) is 11.8 Å². The van der Waals surface area contributed by atoms with Crippen LogP contribution in [0.5, 0.6) is 0 Å². The molecule has 3 aromatic rings. The predicted octanol–water partition coefficient (Wildman–Crippen LogP) is 5.48. The zero-order chi connectivity index (χ0) is 29.8. The van der Waals surface area contributed by atoms with Crippen molar-refractivity contribution in [2.24, 2.45) is 18.9 Å². The van der Waals surface area contributed by atoms with E-state index in [9.17, 15) is 18.0 Å². The number of carbonyl (C=O) groups is 1. The molecule has 224 valence electrons. The number of alkyl halides is 3. The van der Waals surface area contributed by atoms with Crippen LogP contribution < -0.4 is 4.90 Å². The van der Waals surface area contributed by atoms with Gasteiger partial charge in [0.1, 0.15) is 18.0 Å². The Kier molecular flexibility index (Phi) is 7.37. The summed E-state index contributed by atoms with van der Waals surface area (Å²) in [6.07, 6.45) is 0.890. The quantitative estimate of drug-likeness (QED) is 0.367. The lowest BCUT2D eigenvalue weighted by atomic mass is 9.58. The van der Waals surface area contributed by atoms with Crippen LogP contribution in [-0.4, -0.2) is 50.8 Å². The molecule has 1 atom stereocenters. The van der Waals surface area contributed by atoms with Gasteiger partial charge in [0.05, 0.1) is 29.8 Å². The Hall–Kier alpha value is -3.31. The number of aryl methyl sites for hydroxylation is 1. The van der Waals surface area contributed by atoms with E-state index in [4.69, 9.17) is 9.72 Å². The van der Waals surface area contributed by atoms with Crippen LogP contribution in [0.3, 0.4) is 0 Å². The lowest BCUT2D eigenvalue weighted by molar-refractivity contribution is -0.138. The number of hydrogen-bond donors (Lipinski definition) is 0. The monoisotopic (exact) mass is 582 g/mol. The van der Waals surface area contributed by atoms with Gasteiger partial charge in [-0.1, -0.05) is 13.8 Å². The summed E-state index contributed by atoms with van der Waals surface area (Å²) in [4.78, 5) is 22.1. The van der Waals surface area contributed by atoms with Crippen molar-refractivity contribution in [3.8, 4) is 0 Å². The van der Waals surface area contributed by atoms with E-state index in [0.717, 1.165) is 50.2 Å². The molecule has 2 fully saturated rings. The average Bonchev–Trinajstić information content (AvgIpc) is 3.49. The van der Waals surface area contributed by atoms with E-state index >= 15 is 0 Å². The molecule has 2 aromatic heterocycles. The predicted molar refractivity (Wildman–Crippen MR) is 151 cm³/mol. The minimum absolute atomic E-state index is 0.00374. The number of halogens is 3. The van der Waals surface area contributed by atoms with Crippen molar-refractivity contribution in [2.45, 2.75) is 70.8 Å². The van der Waals surface area contributed by atoms with E-state index in [1.807, 2.05) is 23.7 Å². The zero-order valence-electron chi connectivity index (χ0n) is 24.5. The molecule has 42 heavy (non-hydrogen) atoms. The number of amides is 1. The first kappa shape index (κ1) is 28.8. The highest BCUT2D eigenvalue weighted by molar-refractivity contribution is 6.10. The molecule has 1 amide bonds. The van der Waals surface area contributed by atoms with Crippen molar-refractivity contribution >= 4 is 11.7 Å². The molecular weight excluding hydrogens is 545 g/mol. The van der Waals surface area contributed by atoms with Crippen molar-refractivity contribution < 1.29 is 22.7 Å². The van der Waals surface area contributed by atoms with Crippen LogP contribution in [0.25, 0.3) is 0 Å². The third-order valence-corrected chi connectivity index (χ3v) is 9.07. The van der Waals surface area contributed by atoms with E-state index in [0.29, 0.717) is 35.5 Å². The van der Waals surface area contributed by atoms with Gasteiger partial charge in [-0.3, -0.25) is 14.6 Å². The maximum absolute atomic E-state index is 14.4. The molecular formula is C31H37F3N6O2. The molecule has 11 heteroatoms. The number of methoxy groups -OCH3 is 1. The molecule has 1 saturated carbocycles. The molecule has 2 aliphatic heterocycles. The van der Waals surface area contributed by atoms with Gasteiger partial charge in [-0.2, -0.15) is 13.2 Å². The van der Waals surface area contributed by atoms with E-state index in [-0.39, 0.29) is 24.3 Å². The summed E-state index contributed by atoms with van der Waals surface area (Å²) in [5.74, 6) is 1.62. The number of hydrogen-bond acceptors (Lipinski definition) is 6. The maximum atomic E-state index is 14.4. The Bertz CT molecular complexity index is 1500. The van der Waals surface area contributed by atoms with Crippen LogP contribution in [-0.2, 0) is 43.1 Å². The molecule has 3 aliphatic rings. The molecule has 1 aromatic carbocycles. The lowest BCUT2D eigenvalue weighted by Crippen LogP contribution is -2.43. The second-order valence-corrected chi connectivity index (χ2v) is 12.5. The molecule has 0 radical (unpaired) electrons. The van der Waals surface area contributed by atoms with Gasteiger partial charge >= 0.3 is 6.18 Å². The standard InChI is InChI=1S/C31H37F3N6O2/c1-19-6-5-7-39(14-19)15-21-8-24-25(26(9-21)31(32,33)34)16-40(28(24)41)27-11-22(10-23(36-27)17-42-4)30(12-20(2)13-30)29-37-35-18-38(29)3/h8-11,18-20H,5-7,12-17H2,1-4H3/t19-,20?,30?/m0/s1. The van der Waals surface area contributed by atoms with Crippen molar-refractivity contribution in [1.82, 2.24) is 24.6 Å². The highest BCUT2D eigenvalue weighted by atomic mass is 19.4. The van der Waals surface area contributed by atoms with Crippen LogP contribution in [0.1, 0.15) is 83.7 Å².